The summed E-state index contributed by atoms with van der Waals surface area (Å²) in [6, 6.07) is 9.94. The largest absolute Gasteiger partial charge is 0.340 e. The fourth-order valence-corrected chi connectivity index (χ4v) is 3.37. The van der Waals surface area contributed by atoms with E-state index in [2.05, 4.69) is 15.2 Å². The minimum Gasteiger partial charge on any atom is -0.340 e. The number of likely N-dealkylation sites (tertiary alicyclic amines) is 1. The molecule has 0 aliphatic carbocycles. The summed E-state index contributed by atoms with van der Waals surface area (Å²) < 4.78 is 2.00. The monoisotopic (exact) mass is 309 g/mol. The second-order valence-corrected chi connectivity index (χ2v) is 6.07. The first-order valence-corrected chi connectivity index (χ1v) is 7.91. The number of carbonyl (C=O) groups is 1. The lowest BCUT2D eigenvalue weighted by molar-refractivity contribution is -0.130. The zero-order valence-corrected chi connectivity index (χ0v) is 13.1. The number of H-pyrrole nitrogens is 1. The van der Waals surface area contributed by atoms with Gasteiger partial charge in [-0.25, -0.2) is 4.98 Å². The van der Waals surface area contributed by atoms with Crippen LogP contribution in [-0.4, -0.2) is 43.6 Å². The molecule has 0 unspecified atom stereocenters. The van der Waals surface area contributed by atoms with Crippen LogP contribution in [0.5, 0.6) is 0 Å². The molecule has 2 aromatic heterocycles. The molecule has 6 heteroatoms. The Balaban J connectivity index is 1.51. The van der Waals surface area contributed by atoms with E-state index in [1.165, 1.54) is 0 Å². The van der Waals surface area contributed by atoms with Crippen LogP contribution in [0.15, 0.2) is 36.5 Å². The van der Waals surface area contributed by atoms with Crippen LogP contribution in [0.4, 0.5) is 0 Å². The standard InChI is InChI=1S/C17H19N5O/c1-12-19-15-4-2-3-5-16(15)22(12)11-17(23)21-9-7-13(10-21)14-6-8-18-20-14/h2-6,8,13H,7,9-11H2,1H3,(H,18,20)/t13-/m1/s1. The van der Waals surface area contributed by atoms with Crippen LogP contribution in [0.2, 0.25) is 0 Å². The van der Waals surface area contributed by atoms with Crippen LogP contribution in [0, 0.1) is 6.92 Å². The van der Waals surface area contributed by atoms with Crippen molar-refractivity contribution in [3.63, 3.8) is 0 Å². The third-order valence-electron chi connectivity index (χ3n) is 4.64. The maximum Gasteiger partial charge on any atom is 0.242 e. The van der Waals surface area contributed by atoms with Crippen LogP contribution in [0.3, 0.4) is 0 Å². The summed E-state index contributed by atoms with van der Waals surface area (Å²) in [5.74, 6) is 1.39. The molecule has 1 fully saturated rings. The van der Waals surface area contributed by atoms with E-state index in [0.29, 0.717) is 12.5 Å². The summed E-state index contributed by atoms with van der Waals surface area (Å²) in [7, 11) is 0. The molecule has 1 atom stereocenters. The highest BCUT2D eigenvalue weighted by atomic mass is 16.2. The second-order valence-electron chi connectivity index (χ2n) is 6.07. The van der Waals surface area contributed by atoms with Gasteiger partial charge in [-0.05, 0) is 31.5 Å². The molecule has 1 aliphatic heterocycles. The number of hydrogen-bond acceptors (Lipinski definition) is 3. The molecule has 118 valence electrons. The summed E-state index contributed by atoms with van der Waals surface area (Å²) in [6.45, 7) is 3.85. The van der Waals surface area contributed by atoms with E-state index in [1.54, 1.807) is 6.20 Å². The van der Waals surface area contributed by atoms with Crippen molar-refractivity contribution in [2.24, 2.45) is 0 Å². The number of imidazole rings is 1. The quantitative estimate of drug-likeness (QED) is 0.805. The molecule has 0 saturated carbocycles. The Labute approximate surface area is 134 Å². The highest BCUT2D eigenvalue weighted by Gasteiger charge is 2.28. The molecule has 1 aromatic carbocycles. The number of fused-ring (bicyclic) bond motifs is 1. The van der Waals surface area contributed by atoms with Gasteiger partial charge in [0.1, 0.15) is 12.4 Å². The average molecular weight is 309 g/mol. The van der Waals surface area contributed by atoms with Gasteiger partial charge in [-0.15, -0.1) is 0 Å². The molecule has 3 aromatic rings. The number of benzene rings is 1. The van der Waals surface area contributed by atoms with Gasteiger partial charge < -0.3 is 9.47 Å². The number of hydrogen-bond donors (Lipinski definition) is 1. The minimum atomic E-state index is 0.151. The first-order chi connectivity index (χ1) is 11.2. The van der Waals surface area contributed by atoms with Crippen LogP contribution in [-0.2, 0) is 11.3 Å². The van der Waals surface area contributed by atoms with Gasteiger partial charge in [0, 0.05) is 30.9 Å². The van der Waals surface area contributed by atoms with Crippen molar-refractivity contribution in [3.8, 4) is 0 Å². The lowest BCUT2D eigenvalue weighted by atomic mass is 10.1. The Hall–Kier alpha value is -2.63. The van der Waals surface area contributed by atoms with Crippen LogP contribution in [0.1, 0.15) is 23.9 Å². The number of para-hydroxylation sites is 2. The summed E-state index contributed by atoms with van der Waals surface area (Å²) >= 11 is 0. The van der Waals surface area contributed by atoms with E-state index in [-0.39, 0.29) is 5.91 Å². The van der Waals surface area contributed by atoms with Crippen molar-refractivity contribution in [1.29, 1.82) is 0 Å². The Bertz CT molecular complexity index is 836. The van der Waals surface area contributed by atoms with Crippen molar-refractivity contribution in [2.75, 3.05) is 13.1 Å². The first-order valence-electron chi connectivity index (χ1n) is 7.91. The molecule has 0 bridgehead atoms. The lowest BCUT2D eigenvalue weighted by Crippen LogP contribution is -2.32. The Morgan fingerprint density at radius 2 is 2.22 bits per heavy atom. The van der Waals surface area contributed by atoms with Crippen LogP contribution >= 0.6 is 0 Å². The van der Waals surface area contributed by atoms with Gasteiger partial charge in [-0.1, -0.05) is 12.1 Å². The minimum absolute atomic E-state index is 0.151. The van der Waals surface area contributed by atoms with Crippen molar-refractivity contribution < 1.29 is 4.79 Å². The topological polar surface area (TPSA) is 66.8 Å². The van der Waals surface area contributed by atoms with Gasteiger partial charge >= 0.3 is 0 Å². The highest BCUT2D eigenvalue weighted by molar-refractivity contribution is 5.81. The molecule has 1 N–H and O–H groups in total. The normalized spacial score (nSPS) is 18.0. The molecule has 4 rings (SSSR count). The predicted octanol–water partition coefficient (Wildman–Crippen LogP) is 2.08. The van der Waals surface area contributed by atoms with Crippen LogP contribution in [0.25, 0.3) is 11.0 Å². The highest BCUT2D eigenvalue weighted by Crippen LogP contribution is 2.26. The molecule has 0 radical (unpaired) electrons. The van der Waals surface area contributed by atoms with Crippen molar-refractivity contribution in [1.82, 2.24) is 24.6 Å². The maximum absolute atomic E-state index is 12.7. The van der Waals surface area contributed by atoms with Gasteiger partial charge in [-0.3, -0.25) is 9.89 Å². The van der Waals surface area contributed by atoms with Gasteiger partial charge in [-0.2, -0.15) is 5.10 Å². The average Bonchev–Trinajstić information content (AvgIpc) is 3.27. The molecule has 6 nitrogen and oxygen atoms in total. The predicted molar refractivity (Wildman–Crippen MR) is 87.0 cm³/mol. The SMILES string of the molecule is Cc1nc2ccccc2n1CC(=O)N1CC[C@@H](c2ccn[nH]2)C1. The Morgan fingerprint density at radius 1 is 1.35 bits per heavy atom. The molecule has 1 amide bonds. The molecule has 3 heterocycles. The van der Waals surface area contributed by atoms with Crippen LogP contribution < -0.4 is 0 Å². The summed E-state index contributed by atoms with van der Waals surface area (Å²) in [6.07, 6.45) is 2.75. The van der Waals surface area contributed by atoms with E-state index in [9.17, 15) is 4.79 Å². The fraction of sp³-hybridized carbons (Fsp3) is 0.353. The summed E-state index contributed by atoms with van der Waals surface area (Å²) in [4.78, 5) is 19.1. The third-order valence-corrected chi connectivity index (χ3v) is 4.64. The van der Waals surface area contributed by atoms with Crippen molar-refractivity contribution in [3.05, 3.63) is 48.0 Å². The molecular weight excluding hydrogens is 290 g/mol. The number of nitrogens with zero attached hydrogens (tertiary/aromatic N) is 4. The third kappa shape index (κ3) is 2.50. The molecule has 23 heavy (non-hydrogen) atoms. The Kier molecular flexibility index (Phi) is 3.37. The van der Waals surface area contributed by atoms with Gasteiger partial charge in [0.15, 0.2) is 0 Å². The van der Waals surface area contributed by atoms with E-state index in [4.69, 9.17) is 0 Å². The molecular formula is C17H19N5O. The number of carbonyl (C=O) groups excluding carboxylic acids is 1. The van der Waals surface area contributed by atoms with Gasteiger partial charge in [0.2, 0.25) is 5.91 Å². The number of aromatic nitrogens is 4. The Morgan fingerprint density at radius 3 is 3.04 bits per heavy atom. The smallest absolute Gasteiger partial charge is 0.242 e. The van der Waals surface area contributed by atoms with E-state index in [0.717, 1.165) is 42.1 Å². The zero-order chi connectivity index (χ0) is 15.8. The molecule has 0 spiro atoms. The fourth-order valence-electron chi connectivity index (χ4n) is 3.37. The second kappa shape index (κ2) is 5.53. The van der Waals surface area contributed by atoms with Crippen molar-refractivity contribution >= 4 is 16.9 Å². The number of rotatable bonds is 3. The number of nitrogens with one attached hydrogen (secondary N) is 1. The van der Waals surface area contributed by atoms with E-state index >= 15 is 0 Å². The zero-order valence-electron chi connectivity index (χ0n) is 13.1. The molecule has 1 saturated heterocycles. The summed E-state index contributed by atoms with van der Waals surface area (Å²) in [5.41, 5.74) is 3.07. The van der Waals surface area contributed by atoms with Gasteiger partial charge in [0.25, 0.3) is 0 Å². The van der Waals surface area contributed by atoms with E-state index < -0.39 is 0 Å². The summed E-state index contributed by atoms with van der Waals surface area (Å²) in [5, 5.41) is 7.02. The number of aromatic amines is 1. The first kappa shape index (κ1) is 14.0. The lowest BCUT2D eigenvalue weighted by Gasteiger charge is -2.17. The van der Waals surface area contributed by atoms with Crippen molar-refractivity contribution in [2.45, 2.75) is 25.8 Å². The number of aryl methyl sites for hydroxylation is 1. The maximum atomic E-state index is 12.7. The van der Waals surface area contributed by atoms with Gasteiger partial charge in [0.05, 0.1) is 11.0 Å². The number of amides is 1. The molecule has 1 aliphatic rings. The van der Waals surface area contributed by atoms with E-state index in [1.807, 2.05) is 46.7 Å².